The number of carboxylic acid groups (broad SMARTS) is 1. The molecule has 1 saturated heterocycles. The summed E-state index contributed by atoms with van der Waals surface area (Å²) in [5, 5.41) is 22.2. The average molecular weight is 567 g/mol. The molecule has 2 aromatic heterocycles. The molecule has 15 heteroatoms. The predicted octanol–water partition coefficient (Wildman–Crippen LogP) is -0.182. The largest absolute Gasteiger partial charge is 0.543 e. The molecule has 2 aliphatic heterocycles. The standard InChI is InChI=1S/C21H22N6O5S4/c1-26-13(33-3)5-4-6-14(26)35-9-12-17(20(30)31)27-11(8-34-12)16(19(27)29)24-18(28)15(25-32-2)10-7-36-21(22)23-10/h4-7,11,16H,8-9H2,1-3H3,(H3-,22,23,24,28,30,31). The zero-order valence-corrected chi connectivity index (χ0v) is 22.7. The van der Waals surface area contributed by atoms with Crippen LogP contribution in [-0.2, 0) is 26.3 Å². The van der Waals surface area contributed by atoms with Gasteiger partial charge in [0.15, 0.2) is 10.8 Å². The van der Waals surface area contributed by atoms with E-state index in [9.17, 15) is 19.5 Å². The van der Waals surface area contributed by atoms with Crippen LogP contribution in [0, 0.1) is 0 Å². The first-order chi connectivity index (χ1) is 17.3. The molecule has 0 saturated carbocycles. The summed E-state index contributed by atoms with van der Waals surface area (Å²) < 4.78 is 2.03. The van der Waals surface area contributed by atoms with Gasteiger partial charge in [0.2, 0.25) is 10.1 Å². The minimum atomic E-state index is -1.43. The molecule has 190 valence electrons. The fraction of sp³-hybridized carbons (Fsp3) is 0.333. The SMILES string of the molecule is CON=C(C(=O)NC1C(=O)N2C(C(=O)[O-])=C(CSc3cccc(SC)[n+]3C)SCC12)c1csc(N)n1. The van der Waals surface area contributed by atoms with Crippen LogP contribution in [0.2, 0.25) is 0 Å². The minimum Gasteiger partial charge on any atom is -0.543 e. The summed E-state index contributed by atoms with van der Waals surface area (Å²) >= 11 is 5.57. The topological polar surface area (TPSA) is 154 Å². The lowest BCUT2D eigenvalue weighted by Crippen LogP contribution is -2.73. The molecule has 2 aromatic rings. The van der Waals surface area contributed by atoms with Gasteiger partial charge < -0.3 is 30.7 Å². The zero-order valence-electron chi connectivity index (χ0n) is 19.4. The van der Waals surface area contributed by atoms with E-state index in [1.807, 2.05) is 36.1 Å². The van der Waals surface area contributed by atoms with E-state index in [1.165, 1.54) is 35.5 Å². The number of β-lactam (4-membered cyclic amide) rings is 1. The highest BCUT2D eigenvalue weighted by Gasteiger charge is 2.52. The van der Waals surface area contributed by atoms with Crippen LogP contribution in [0.1, 0.15) is 5.69 Å². The molecule has 2 atom stereocenters. The Bertz CT molecular complexity index is 1280. The third-order valence-corrected chi connectivity index (χ3v) is 9.51. The van der Waals surface area contributed by atoms with Crippen molar-refractivity contribution in [3.8, 4) is 0 Å². The lowest BCUT2D eigenvalue weighted by molar-refractivity contribution is -0.744. The molecule has 11 nitrogen and oxygen atoms in total. The van der Waals surface area contributed by atoms with Gasteiger partial charge in [-0.3, -0.25) is 9.59 Å². The molecule has 0 aliphatic carbocycles. The zero-order chi connectivity index (χ0) is 26.0. The number of nitrogens with two attached hydrogens (primary N) is 1. The number of thiazole rings is 1. The summed E-state index contributed by atoms with van der Waals surface area (Å²) in [4.78, 5) is 48.4. The lowest BCUT2D eigenvalue weighted by atomic mass is 9.94. The Hall–Kier alpha value is -2.75. The van der Waals surface area contributed by atoms with E-state index in [2.05, 4.69) is 15.5 Å². The maximum atomic E-state index is 13.0. The molecular formula is C21H22N6O5S4. The number of aliphatic carboxylic acids is 1. The van der Waals surface area contributed by atoms with Crippen molar-refractivity contribution in [2.75, 3.05) is 30.6 Å². The van der Waals surface area contributed by atoms with Crippen LogP contribution in [0.25, 0.3) is 0 Å². The van der Waals surface area contributed by atoms with Crippen molar-refractivity contribution in [1.82, 2.24) is 15.2 Å². The van der Waals surface area contributed by atoms with Crippen molar-refractivity contribution in [1.29, 1.82) is 0 Å². The van der Waals surface area contributed by atoms with Crippen molar-refractivity contribution in [3.63, 3.8) is 0 Å². The van der Waals surface area contributed by atoms with Gasteiger partial charge >= 0.3 is 0 Å². The fourth-order valence-corrected chi connectivity index (χ4v) is 7.41. The quantitative estimate of drug-likeness (QED) is 0.137. The number of carbonyl (C=O) groups is 3. The van der Waals surface area contributed by atoms with Crippen LogP contribution >= 0.6 is 46.6 Å². The number of anilines is 1. The van der Waals surface area contributed by atoms with E-state index in [0.717, 1.165) is 21.4 Å². The lowest BCUT2D eigenvalue weighted by Gasteiger charge is -2.51. The van der Waals surface area contributed by atoms with E-state index < -0.39 is 29.9 Å². The van der Waals surface area contributed by atoms with E-state index in [-0.39, 0.29) is 22.2 Å². The first-order valence-electron chi connectivity index (χ1n) is 10.5. The molecule has 0 aromatic carbocycles. The molecule has 3 N–H and O–H groups in total. The van der Waals surface area contributed by atoms with Gasteiger partial charge in [0.1, 0.15) is 25.9 Å². The highest BCUT2D eigenvalue weighted by Crippen LogP contribution is 2.40. The number of carboxylic acids is 1. The van der Waals surface area contributed by atoms with Gasteiger partial charge in [-0.05, 0) is 12.3 Å². The monoisotopic (exact) mass is 566 g/mol. The Labute approximate surface area is 223 Å². The molecule has 0 spiro atoms. The van der Waals surface area contributed by atoms with Crippen molar-refractivity contribution < 1.29 is 28.9 Å². The molecule has 2 aliphatic rings. The smallest absolute Gasteiger partial charge is 0.276 e. The summed E-state index contributed by atoms with van der Waals surface area (Å²) in [5.74, 6) is -1.85. The summed E-state index contributed by atoms with van der Waals surface area (Å²) in [7, 11) is 3.23. The molecule has 0 radical (unpaired) electrons. The maximum Gasteiger partial charge on any atom is 0.276 e. The van der Waals surface area contributed by atoms with Crippen LogP contribution in [0.4, 0.5) is 5.13 Å². The molecule has 2 amide bonds. The first-order valence-corrected chi connectivity index (χ1v) is 14.5. The second-order valence-electron chi connectivity index (χ2n) is 7.54. The number of thioether (sulfide) groups is 3. The highest BCUT2D eigenvalue weighted by molar-refractivity contribution is 8.06. The predicted molar refractivity (Wildman–Crippen MR) is 137 cm³/mol. The van der Waals surface area contributed by atoms with Crippen molar-refractivity contribution in [2.45, 2.75) is 22.1 Å². The van der Waals surface area contributed by atoms with Gasteiger partial charge in [-0.1, -0.05) is 28.7 Å². The number of carbonyl (C=O) groups excluding carboxylic acids is 3. The number of hydrogen-bond donors (Lipinski definition) is 2. The molecule has 36 heavy (non-hydrogen) atoms. The van der Waals surface area contributed by atoms with Crippen LogP contribution in [0.3, 0.4) is 0 Å². The van der Waals surface area contributed by atoms with Crippen LogP contribution in [0.15, 0.2) is 49.4 Å². The number of oxime groups is 1. The van der Waals surface area contributed by atoms with Gasteiger partial charge in [-0.25, -0.2) is 4.98 Å². The van der Waals surface area contributed by atoms with E-state index >= 15 is 0 Å². The summed E-state index contributed by atoms with van der Waals surface area (Å²) in [6.45, 7) is 0. The van der Waals surface area contributed by atoms with Gasteiger partial charge in [0.25, 0.3) is 11.8 Å². The number of hydrogen-bond acceptors (Lipinski definition) is 12. The Morgan fingerprint density at radius 2 is 2.17 bits per heavy atom. The Morgan fingerprint density at radius 1 is 1.42 bits per heavy atom. The number of nitrogen functional groups attached to an aromatic ring is 1. The molecule has 4 rings (SSSR count). The second-order valence-corrected chi connectivity index (χ2v) is 11.4. The number of rotatable bonds is 9. The van der Waals surface area contributed by atoms with Crippen LogP contribution < -0.4 is 20.7 Å². The summed E-state index contributed by atoms with van der Waals surface area (Å²) in [6, 6.07) is 4.45. The van der Waals surface area contributed by atoms with Gasteiger partial charge in [0.05, 0.1) is 17.7 Å². The number of aromatic nitrogens is 2. The van der Waals surface area contributed by atoms with E-state index in [4.69, 9.17) is 10.6 Å². The Morgan fingerprint density at radius 3 is 2.81 bits per heavy atom. The third-order valence-electron chi connectivity index (χ3n) is 5.49. The third kappa shape index (κ3) is 5.05. The number of pyridine rings is 1. The summed E-state index contributed by atoms with van der Waals surface area (Å²) in [6.07, 6.45) is 1.98. The number of nitrogens with zero attached hydrogens (tertiary/aromatic N) is 4. The molecule has 1 fully saturated rings. The molecule has 4 heterocycles. The highest BCUT2D eigenvalue weighted by atomic mass is 32.2. The number of fused-ring (bicyclic) bond motifs is 1. The second kappa shape index (κ2) is 11.1. The van der Waals surface area contributed by atoms with Crippen LogP contribution in [-0.4, -0.2) is 70.3 Å². The number of nitrogens with one attached hydrogen (secondary N) is 1. The number of amides is 2. The minimum absolute atomic E-state index is 0.131. The Kier molecular flexibility index (Phi) is 8.12. The van der Waals surface area contributed by atoms with E-state index in [0.29, 0.717) is 16.4 Å². The van der Waals surface area contributed by atoms with Gasteiger partial charge in [-0.2, -0.15) is 4.57 Å². The van der Waals surface area contributed by atoms with Gasteiger partial charge in [-0.15, -0.1) is 23.1 Å². The maximum absolute atomic E-state index is 13.0. The Balaban J connectivity index is 1.50. The normalized spacial score (nSPS) is 19.6. The summed E-state index contributed by atoms with van der Waals surface area (Å²) in [5.41, 5.74) is 5.58. The van der Waals surface area contributed by atoms with Crippen LogP contribution in [0.5, 0.6) is 0 Å². The van der Waals surface area contributed by atoms with E-state index in [1.54, 1.807) is 17.1 Å². The molecule has 2 unspecified atom stereocenters. The van der Waals surface area contributed by atoms with Gasteiger partial charge in [0, 0.05) is 33.9 Å². The van der Waals surface area contributed by atoms with Crippen molar-refractivity contribution in [2.24, 2.45) is 12.2 Å². The first kappa shape index (κ1) is 26.3. The van der Waals surface area contributed by atoms with Crippen molar-refractivity contribution >= 4 is 75.2 Å². The van der Waals surface area contributed by atoms with Crippen molar-refractivity contribution in [3.05, 3.63) is 39.9 Å². The molecular weight excluding hydrogens is 545 g/mol. The average Bonchev–Trinajstić information content (AvgIpc) is 3.29. The molecule has 0 bridgehead atoms. The fourth-order valence-electron chi connectivity index (χ4n) is 3.80.